The van der Waals surface area contributed by atoms with E-state index in [4.69, 9.17) is 5.11 Å². The van der Waals surface area contributed by atoms with Crippen LogP contribution in [-0.4, -0.2) is 33.9 Å². The number of carbonyl (C=O) groups excluding carboxylic acids is 1. The third-order valence-corrected chi connectivity index (χ3v) is 2.84. The summed E-state index contributed by atoms with van der Waals surface area (Å²) in [5.41, 5.74) is 0.559. The van der Waals surface area contributed by atoms with Gasteiger partial charge in [-0.05, 0) is 24.8 Å². The average Bonchev–Trinajstić information content (AvgIpc) is 2.72. The topological polar surface area (TPSA) is 67.2 Å². The third-order valence-electron chi connectivity index (χ3n) is 2.84. The lowest BCUT2D eigenvalue weighted by Gasteiger charge is -2.15. The van der Waals surface area contributed by atoms with Gasteiger partial charge < -0.3 is 10.4 Å². The molecule has 0 spiro atoms. The highest BCUT2D eigenvalue weighted by Crippen LogP contribution is 2.09. The van der Waals surface area contributed by atoms with Crippen LogP contribution in [0.3, 0.4) is 0 Å². The zero-order valence-electron chi connectivity index (χ0n) is 10.5. The number of aliphatic hydroxyl groups is 1. The zero-order chi connectivity index (χ0) is 12.7. The van der Waals surface area contributed by atoms with Crippen molar-refractivity contribution >= 4 is 5.91 Å². The highest BCUT2D eigenvalue weighted by atomic mass is 16.3. The summed E-state index contributed by atoms with van der Waals surface area (Å²) in [5, 5.41) is 15.8. The molecule has 1 aromatic rings. The number of aryl methyl sites for hydroxylation is 1. The maximum absolute atomic E-state index is 11.8. The summed E-state index contributed by atoms with van der Waals surface area (Å²) in [5.74, 6) is 0.242. The monoisotopic (exact) mass is 239 g/mol. The predicted octanol–water partition coefficient (Wildman–Crippen LogP) is 0.949. The van der Waals surface area contributed by atoms with E-state index in [0.29, 0.717) is 18.2 Å². The van der Waals surface area contributed by atoms with Crippen molar-refractivity contribution in [2.75, 3.05) is 13.2 Å². The Morgan fingerprint density at radius 3 is 2.88 bits per heavy atom. The van der Waals surface area contributed by atoms with Crippen molar-refractivity contribution in [2.45, 2.75) is 26.2 Å². The van der Waals surface area contributed by atoms with Gasteiger partial charge in [-0.2, -0.15) is 5.10 Å². The van der Waals surface area contributed by atoms with Gasteiger partial charge in [-0.25, -0.2) is 0 Å². The van der Waals surface area contributed by atoms with Gasteiger partial charge in [-0.15, -0.1) is 0 Å². The van der Waals surface area contributed by atoms with Crippen LogP contribution in [-0.2, 0) is 7.05 Å². The van der Waals surface area contributed by atoms with Gasteiger partial charge in [0.25, 0.3) is 5.91 Å². The molecule has 1 heterocycles. The van der Waals surface area contributed by atoms with Gasteiger partial charge in [0, 0.05) is 26.4 Å². The molecule has 0 aliphatic heterocycles. The molecule has 1 amide bonds. The Morgan fingerprint density at radius 1 is 1.59 bits per heavy atom. The number of carbonyl (C=O) groups is 1. The third kappa shape index (κ3) is 4.19. The summed E-state index contributed by atoms with van der Waals surface area (Å²) >= 11 is 0. The molecule has 5 nitrogen and oxygen atoms in total. The van der Waals surface area contributed by atoms with E-state index in [0.717, 1.165) is 19.3 Å². The molecule has 5 heteroatoms. The van der Waals surface area contributed by atoms with E-state index >= 15 is 0 Å². The predicted molar refractivity (Wildman–Crippen MR) is 65.6 cm³/mol. The van der Waals surface area contributed by atoms with Crippen molar-refractivity contribution < 1.29 is 9.90 Å². The van der Waals surface area contributed by atoms with Crippen molar-refractivity contribution in [1.82, 2.24) is 15.1 Å². The van der Waals surface area contributed by atoms with Crippen LogP contribution in [0.4, 0.5) is 0 Å². The van der Waals surface area contributed by atoms with E-state index in [1.54, 1.807) is 24.0 Å². The molecule has 2 N–H and O–H groups in total. The molecule has 0 aliphatic rings. The second-order valence-electron chi connectivity index (χ2n) is 4.22. The van der Waals surface area contributed by atoms with Crippen LogP contribution in [0.25, 0.3) is 0 Å². The molecular formula is C12H21N3O2. The second-order valence-corrected chi connectivity index (χ2v) is 4.22. The first-order valence-electron chi connectivity index (χ1n) is 6.06. The van der Waals surface area contributed by atoms with Gasteiger partial charge in [-0.1, -0.05) is 13.3 Å². The number of aromatic nitrogens is 2. The summed E-state index contributed by atoms with van der Waals surface area (Å²) in [7, 11) is 1.74. The molecule has 0 aromatic carbocycles. The van der Waals surface area contributed by atoms with Crippen molar-refractivity contribution in [3.05, 3.63) is 18.0 Å². The molecule has 1 rings (SSSR count). The van der Waals surface area contributed by atoms with Gasteiger partial charge in [0.05, 0.1) is 0 Å². The molecule has 0 saturated carbocycles. The summed E-state index contributed by atoms with van der Waals surface area (Å²) in [6.45, 7) is 2.89. The van der Waals surface area contributed by atoms with Crippen LogP contribution >= 0.6 is 0 Å². The van der Waals surface area contributed by atoms with Crippen LogP contribution in [0.2, 0.25) is 0 Å². The first kappa shape index (κ1) is 13.7. The van der Waals surface area contributed by atoms with Crippen LogP contribution < -0.4 is 5.32 Å². The smallest absolute Gasteiger partial charge is 0.269 e. The minimum Gasteiger partial charge on any atom is -0.396 e. The lowest BCUT2D eigenvalue weighted by molar-refractivity contribution is 0.0933. The fraction of sp³-hybridized carbons (Fsp3) is 0.667. The Labute approximate surface area is 102 Å². The molecule has 0 saturated heterocycles. The Bertz CT molecular complexity index is 343. The SMILES string of the molecule is CCCC(CCO)CNC(=O)c1ccnn1C. The maximum atomic E-state index is 11.8. The molecule has 17 heavy (non-hydrogen) atoms. The number of hydrogen-bond donors (Lipinski definition) is 2. The number of hydrogen-bond acceptors (Lipinski definition) is 3. The minimum absolute atomic E-state index is 0.107. The summed E-state index contributed by atoms with van der Waals surface area (Å²) in [6, 6.07) is 1.69. The highest BCUT2D eigenvalue weighted by molar-refractivity contribution is 5.92. The number of nitrogens with one attached hydrogen (secondary N) is 1. The molecule has 0 fully saturated rings. The van der Waals surface area contributed by atoms with Crippen LogP contribution in [0.15, 0.2) is 12.3 Å². The first-order chi connectivity index (χ1) is 8.19. The Hall–Kier alpha value is -1.36. The van der Waals surface area contributed by atoms with Gasteiger partial charge in [-0.3, -0.25) is 9.48 Å². The lowest BCUT2D eigenvalue weighted by atomic mass is 10.0. The van der Waals surface area contributed by atoms with Crippen molar-refractivity contribution in [3.63, 3.8) is 0 Å². The van der Waals surface area contributed by atoms with E-state index in [1.807, 2.05) is 0 Å². The lowest BCUT2D eigenvalue weighted by Crippen LogP contribution is -2.31. The van der Waals surface area contributed by atoms with Gasteiger partial charge >= 0.3 is 0 Å². The average molecular weight is 239 g/mol. The molecule has 0 aliphatic carbocycles. The Kier molecular flexibility index (Phi) is 5.69. The van der Waals surface area contributed by atoms with E-state index in [2.05, 4.69) is 17.3 Å². The van der Waals surface area contributed by atoms with E-state index in [9.17, 15) is 4.79 Å². The summed E-state index contributed by atoms with van der Waals surface area (Å²) < 4.78 is 1.55. The fourth-order valence-electron chi connectivity index (χ4n) is 1.86. The molecule has 1 aromatic heterocycles. The van der Waals surface area contributed by atoms with Crippen LogP contribution in [0, 0.1) is 5.92 Å². The van der Waals surface area contributed by atoms with E-state index < -0.39 is 0 Å². The van der Waals surface area contributed by atoms with Crippen LogP contribution in [0.5, 0.6) is 0 Å². The van der Waals surface area contributed by atoms with Gasteiger partial charge in [0.15, 0.2) is 0 Å². The fourth-order valence-corrected chi connectivity index (χ4v) is 1.86. The number of amides is 1. The second kappa shape index (κ2) is 7.06. The zero-order valence-corrected chi connectivity index (χ0v) is 10.5. The molecule has 1 atom stereocenters. The maximum Gasteiger partial charge on any atom is 0.269 e. The minimum atomic E-state index is -0.107. The quantitative estimate of drug-likeness (QED) is 0.744. The van der Waals surface area contributed by atoms with E-state index in [-0.39, 0.29) is 12.5 Å². The Balaban J connectivity index is 2.43. The molecule has 96 valence electrons. The highest BCUT2D eigenvalue weighted by Gasteiger charge is 2.12. The molecule has 0 bridgehead atoms. The van der Waals surface area contributed by atoms with Crippen molar-refractivity contribution in [3.8, 4) is 0 Å². The number of aliphatic hydroxyl groups excluding tert-OH is 1. The largest absolute Gasteiger partial charge is 0.396 e. The normalized spacial score (nSPS) is 12.4. The first-order valence-corrected chi connectivity index (χ1v) is 6.06. The summed E-state index contributed by atoms with van der Waals surface area (Å²) in [6.07, 6.45) is 4.42. The van der Waals surface area contributed by atoms with E-state index in [1.165, 1.54) is 0 Å². The molecule has 0 radical (unpaired) electrons. The summed E-state index contributed by atoms with van der Waals surface area (Å²) in [4.78, 5) is 11.8. The number of nitrogens with zero attached hydrogens (tertiary/aromatic N) is 2. The van der Waals surface area contributed by atoms with Gasteiger partial charge in [0.2, 0.25) is 0 Å². The molecular weight excluding hydrogens is 218 g/mol. The van der Waals surface area contributed by atoms with Crippen molar-refractivity contribution in [1.29, 1.82) is 0 Å². The van der Waals surface area contributed by atoms with Gasteiger partial charge in [0.1, 0.15) is 5.69 Å². The van der Waals surface area contributed by atoms with Crippen molar-refractivity contribution in [2.24, 2.45) is 13.0 Å². The Morgan fingerprint density at radius 2 is 2.35 bits per heavy atom. The van der Waals surface area contributed by atoms with Crippen LogP contribution in [0.1, 0.15) is 36.7 Å². The molecule has 1 unspecified atom stereocenters. The number of rotatable bonds is 7. The standard InChI is InChI=1S/C12H21N3O2/c1-3-4-10(6-8-16)9-13-12(17)11-5-7-14-15(11)2/h5,7,10,16H,3-4,6,8-9H2,1-2H3,(H,13,17).